The fourth-order valence-corrected chi connectivity index (χ4v) is 12.7. The van der Waals surface area contributed by atoms with Crippen LogP contribution in [0.4, 0.5) is 0 Å². The molecule has 0 fully saturated rings. The second-order valence-corrected chi connectivity index (χ2v) is 30.3. The number of carbonyl (C=O) groups is 18. The molecule has 6 rings (SSSR count). The van der Waals surface area contributed by atoms with Crippen LogP contribution in [0.25, 0.3) is 21.8 Å². The standard InChI is InChI=1S/C82H109N19O26/c1-41(2)25-55(78(122)98-56(26-44-13-7-6-8-14-44)72(116)86-32-64(108)91-60(37-103)73(117)87-33-65(109)92-61(38-104)74(118)88-34-66(110)93-62(39-105)75(119)89-35-67(111)94-63(40-106)82(126)127)100-81(125)69(42(3)4)101-76(120)54(23-24-68(112)113)95-79(123)57(27-45-19-21-48(107)22-20-45)96-70(114)43(5)90-77(121)58(28-46-30-84-52-17-11-9-15-49(46)52)99-80(124)59(97-71(115)51(83)36-102)29-47-31-85-53-18-12-10-16-50(47)53/h6-22,30-31,41-43,51,54-63,69,84-85,102-107H,23-29,32-40,83H2,1-5H3,(H,86,116)(H,87,117)(H,88,118)(H,89,119)(H,90,121)(H,91,108)(H,92,109)(H,93,110)(H,94,111)(H,95,123)(H,96,114)(H,97,115)(H,98,122)(H,99,124)(H,100,125)(H,101,120)(H,112,113)(H,126,127)/t43-,51-,54-,55-,56-,57-,58-,59-,60-,61-,62-,63-,69-/m0/s1. The Balaban J connectivity index is 1.10. The third-order valence-electron chi connectivity index (χ3n) is 19.6. The average Bonchev–Trinajstić information content (AvgIpc) is 1.70. The number of amides is 16. The number of aromatic nitrogens is 2. The van der Waals surface area contributed by atoms with Gasteiger partial charge in [0.05, 0.1) is 59.2 Å². The minimum atomic E-state index is -1.79. The fourth-order valence-electron chi connectivity index (χ4n) is 12.7. The van der Waals surface area contributed by atoms with Crippen LogP contribution in [0.15, 0.2) is 116 Å². The van der Waals surface area contributed by atoms with Crippen LogP contribution in [0.2, 0.25) is 0 Å². The number of H-pyrrole nitrogens is 2. The Morgan fingerprint density at radius 1 is 0.346 bits per heavy atom. The number of hydrogen-bond acceptors (Lipinski definition) is 25. The zero-order chi connectivity index (χ0) is 93.7. The summed E-state index contributed by atoms with van der Waals surface area (Å²) in [5, 5.41) is 116. The van der Waals surface area contributed by atoms with E-state index in [-0.39, 0.29) is 43.8 Å². The largest absolute Gasteiger partial charge is 0.508 e. The molecule has 2 aromatic heterocycles. The van der Waals surface area contributed by atoms with Gasteiger partial charge < -0.3 is 142 Å². The number of aromatic hydroxyl groups is 1. The molecule has 13 atom stereocenters. The van der Waals surface area contributed by atoms with E-state index in [1.165, 1.54) is 45.0 Å². The number of rotatable bonds is 52. The maximum Gasteiger partial charge on any atom is 0.328 e. The number of hydrogen-bond donors (Lipinski definition) is 27. The monoisotopic (exact) mass is 1780 g/mol. The molecule has 0 saturated heterocycles. The molecule has 127 heavy (non-hydrogen) atoms. The second-order valence-electron chi connectivity index (χ2n) is 30.3. The molecule has 4 aromatic carbocycles. The summed E-state index contributed by atoms with van der Waals surface area (Å²) in [7, 11) is 0. The van der Waals surface area contributed by atoms with Gasteiger partial charge in [0.15, 0.2) is 0 Å². The van der Waals surface area contributed by atoms with Crippen molar-refractivity contribution in [2.45, 2.75) is 158 Å². The van der Waals surface area contributed by atoms with E-state index in [9.17, 15) is 117 Å². The van der Waals surface area contributed by atoms with E-state index >= 15 is 0 Å². The first kappa shape index (κ1) is 102. The van der Waals surface area contributed by atoms with E-state index in [0.717, 1.165) is 5.52 Å². The molecular weight excluding hydrogens is 1670 g/mol. The van der Waals surface area contributed by atoms with E-state index < -0.39 is 263 Å². The van der Waals surface area contributed by atoms with Crippen LogP contribution in [-0.2, 0) is 112 Å². The number of carbonyl (C=O) groups excluding carboxylic acids is 16. The van der Waals surface area contributed by atoms with E-state index in [1.54, 1.807) is 105 Å². The number of aliphatic hydroxyl groups is 5. The van der Waals surface area contributed by atoms with Crippen LogP contribution in [0, 0.1) is 11.8 Å². The number of carboxylic acids is 2. The third kappa shape index (κ3) is 32.9. The summed E-state index contributed by atoms with van der Waals surface area (Å²) in [5.74, 6) is -21.0. The molecule has 6 aromatic rings. The van der Waals surface area contributed by atoms with Gasteiger partial charge in [0.25, 0.3) is 0 Å². The van der Waals surface area contributed by atoms with E-state index in [1.807, 2.05) is 16.0 Å². The first-order chi connectivity index (χ1) is 60.3. The quantitative estimate of drug-likeness (QED) is 0.0169. The van der Waals surface area contributed by atoms with Gasteiger partial charge in [-0.05, 0) is 78.1 Å². The Hall–Kier alpha value is -14.0. The lowest BCUT2D eigenvalue weighted by Crippen LogP contribution is -2.61. The number of fused-ring (bicyclic) bond motifs is 2. The van der Waals surface area contributed by atoms with Gasteiger partial charge in [-0.1, -0.05) is 107 Å². The van der Waals surface area contributed by atoms with Crippen LogP contribution in [0.5, 0.6) is 5.75 Å². The number of phenols is 1. The Morgan fingerprint density at radius 2 is 0.701 bits per heavy atom. The number of aliphatic carboxylic acids is 2. The first-order valence-corrected chi connectivity index (χ1v) is 40.2. The molecule has 45 heteroatoms. The maximum absolute atomic E-state index is 14.8. The number of nitrogens with one attached hydrogen (secondary N) is 18. The Morgan fingerprint density at radius 3 is 1.12 bits per heavy atom. The molecule has 0 unspecified atom stereocenters. The summed E-state index contributed by atoms with van der Waals surface area (Å²) in [4.78, 5) is 248. The highest BCUT2D eigenvalue weighted by Gasteiger charge is 2.38. The SMILES string of the molecule is CC(C)C[C@H](NC(=O)[C@@H](NC(=O)[C@H](CCC(=O)O)NC(=O)[C@H](Cc1ccc(O)cc1)NC(=O)[C@H](C)NC(=O)[C@H](Cc1c[nH]c2ccccc12)NC(=O)[C@H](Cc1c[nH]c2ccccc12)NC(=O)[C@@H](N)CO)C(C)C)C(=O)N[C@@H](Cc1ccccc1)C(=O)NCC(=O)N[C@@H](CO)C(=O)NCC(=O)N[C@@H](CO)C(=O)NCC(=O)N[C@@H](CO)C(=O)NCC(=O)N[C@@H](CO)C(=O)O. The lowest BCUT2D eigenvalue weighted by molar-refractivity contribution is -0.143. The van der Waals surface area contributed by atoms with Gasteiger partial charge in [0.2, 0.25) is 94.5 Å². The summed E-state index contributed by atoms with van der Waals surface area (Å²) in [6.45, 7) is -0.838. The molecule has 2 heterocycles. The molecule has 0 aliphatic rings. The molecule has 688 valence electrons. The van der Waals surface area contributed by atoms with Gasteiger partial charge in [-0.25, -0.2) is 4.79 Å². The van der Waals surface area contributed by atoms with Crippen molar-refractivity contribution in [1.82, 2.24) is 95.0 Å². The number of benzene rings is 4. The summed E-state index contributed by atoms with van der Waals surface area (Å²) >= 11 is 0. The zero-order valence-electron chi connectivity index (χ0n) is 69.9. The molecule has 0 saturated carbocycles. The zero-order valence-corrected chi connectivity index (χ0v) is 69.9. The lowest BCUT2D eigenvalue weighted by atomic mass is 9.98. The number of nitrogens with two attached hydrogens (primary N) is 1. The molecule has 45 nitrogen and oxygen atoms in total. The summed E-state index contributed by atoms with van der Waals surface area (Å²) in [5.41, 5.74) is 9.24. The van der Waals surface area contributed by atoms with Crippen LogP contribution in [0.3, 0.4) is 0 Å². The van der Waals surface area contributed by atoms with Crippen LogP contribution < -0.4 is 90.8 Å². The normalized spacial score (nSPS) is 14.2. The van der Waals surface area contributed by atoms with Crippen LogP contribution in [-0.4, -0.2) is 295 Å². The minimum Gasteiger partial charge on any atom is -0.508 e. The highest BCUT2D eigenvalue weighted by Crippen LogP contribution is 2.23. The van der Waals surface area contributed by atoms with Crippen molar-refractivity contribution < 1.29 is 127 Å². The number of carboxylic acid groups (broad SMARTS) is 2. The van der Waals surface area contributed by atoms with Gasteiger partial charge in [-0.15, -0.1) is 0 Å². The average molecular weight is 1780 g/mol. The Labute approximate surface area is 725 Å². The molecular formula is C82H109N19O26. The molecule has 0 aliphatic carbocycles. The molecule has 0 aliphatic heterocycles. The molecule has 0 bridgehead atoms. The van der Waals surface area contributed by atoms with Crippen molar-refractivity contribution in [3.63, 3.8) is 0 Å². The van der Waals surface area contributed by atoms with Crippen molar-refractivity contribution in [1.29, 1.82) is 0 Å². The maximum atomic E-state index is 14.8. The summed E-state index contributed by atoms with van der Waals surface area (Å²) in [6, 6.07) is 7.01. The number of para-hydroxylation sites is 2. The lowest BCUT2D eigenvalue weighted by Gasteiger charge is -2.29. The van der Waals surface area contributed by atoms with Gasteiger partial charge in [-0.3, -0.25) is 81.5 Å². The third-order valence-corrected chi connectivity index (χ3v) is 19.6. The first-order valence-electron chi connectivity index (χ1n) is 40.2. The molecule has 16 amide bonds. The predicted molar refractivity (Wildman–Crippen MR) is 449 cm³/mol. The van der Waals surface area contributed by atoms with Gasteiger partial charge >= 0.3 is 11.9 Å². The fraction of sp³-hybridized carbons (Fsp3) is 0.439. The van der Waals surface area contributed by atoms with Crippen molar-refractivity contribution >= 4 is 128 Å². The Bertz CT molecular complexity index is 4850. The van der Waals surface area contributed by atoms with Crippen molar-refractivity contribution in [2.75, 3.05) is 59.2 Å². The summed E-state index contributed by atoms with van der Waals surface area (Å²) < 4.78 is 0. The highest BCUT2D eigenvalue weighted by atomic mass is 16.4. The van der Waals surface area contributed by atoms with E-state index in [0.29, 0.717) is 38.5 Å². The molecule has 0 radical (unpaired) electrons. The highest BCUT2D eigenvalue weighted by molar-refractivity contribution is 6.01. The van der Waals surface area contributed by atoms with Gasteiger partial charge in [0.1, 0.15) is 84.3 Å². The van der Waals surface area contributed by atoms with Crippen LogP contribution >= 0.6 is 0 Å². The van der Waals surface area contributed by atoms with E-state index in [2.05, 4.69) is 79.1 Å². The Kier molecular flexibility index (Phi) is 40.6. The topological polar surface area (TPSA) is 719 Å². The predicted octanol–water partition coefficient (Wildman–Crippen LogP) is -8.13. The number of aliphatic hydroxyl groups excluding tert-OH is 5. The second kappa shape index (κ2) is 50.7. The van der Waals surface area contributed by atoms with Gasteiger partial charge in [-0.2, -0.15) is 0 Å². The van der Waals surface area contributed by atoms with Crippen LogP contribution in [0.1, 0.15) is 76.1 Å². The molecule has 0 spiro atoms. The van der Waals surface area contributed by atoms with Crippen molar-refractivity contribution in [3.8, 4) is 5.75 Å². The van der Waals surface area contributed by atoms with Crippen molar-refractivity contribution in [3.05, 3.63) is 138 Å². The minimum absolute atomic E-state index is 0.102. The number of phenolic OH excluding ortho intramolecular Hbond substituents is 1. The molecule has 28 N–H and O–H groups in total. The number of aromatic amines is 2. The smallest absolute Gasteiger partial charge is 0.328 e. The van der Waals surface area contributed by atoms with Crippen molar-refractivity contribution in [2.24, 2.45) is 17.6 Å². The summed E-state index contributed by atoms with van der Waals surface area (Å²) in [6.07, 6.45) is 0.897. The van der Waals surface area contributed by atoms with E-state index in [4.69, 9.17) is 15.9 Å². The van der Waals surface area contributed by atoms with Gasteiger partial charge in [0, 0.05) is 66.3 Å².